The first-order valence-electron chi connectivity index (χ1n) is 9.03. The summed E-state index contributed by atoms with van der Waals surface area (Å²) in [6.45, 7) is 1.84. The summed E-state index contributed by atoms with van der Waals surface area (Å²) >= 11 is 7.46. The van der Waals surface area contributed by atoms with E-state index in [2.05, 4.69) is 5.32 Å². The minimum absolute atomic E-state index is 0.0636. The number of benzene rings is 1. The topological polar surface area (TPSA) is 68.3 Å². The second kappa shape index (κ2) is 7.53. The molecule has 5 nitrogen and oxygen atoms in total. The van der Waals surface area contributed by atoms with Crippen molar-refractivity contribution >= 4 is 34.7 Å². The number of carbonyl (C=O) groups excluding carboxylic acids is 2. The zero-order valence-corrected chi connectivity index (χ0v) is 17.1. The summed E-state index contributed by atoms with van der Waals surface area (Å²) in [5.74, 6) is -0.886. The number of rotatable bonds is 3. The summed E-state index contributed by atoms with van der Waals surface area (Å²) in [4.78, 5) is 30.1. The van der Waals surface area contributed by atoms with Gasteiger partial charge < -0.3 is 10.1 Å². The zero-order valence-electron chi connectivity index (χ0n) is 15.5. The van der Waals surface area contributed by atoms with Crippen molar-refractivity contribution in [2.24, 2.45) is 0 Å². The number of aromatic nitrogens is 1. The van der Waals surface area contributed by atoms with E-state index in [0.717, 1.165) is 29.1 Å². The van der Waals surface area contributed by atoms with E-state index in [1.54, 1.807) is 0 Å². The number of Topliss-reactive ketones (excluding diaryl/α,β-unsaturated/α-hetero) is 1. The highest BCUT2D eigenvalue weighted by atomic mass is 35.5. The van der Waals surface area contributed by atoms with Crippen LogP contribution in [0.1, 0.15) is 37.8 Å². The van der Waals surface area contributed by atoms with E-state index in [-0.39, 0.29) is 5.78 Å². The highest BCUT2D eigenvalue weighted by Crippen LogP contribution is 2.43. The molecule has 144 valence electrons. The standard InChI is InChI=1S/C21H19ClN2O3S/c1-11-17(21(26)27-2)19(18-14(23-11)4-3-5-16(18)25)15-10-28-20(24-15)12-6-8-13(22)9-7-12/h6-10,19,23H,3-5H2,1-2H3. The summed E-state index contributed by atoms with van der Waals surface area (Å²) in [7, 11) is 1.35. The van der Waals surface area contributed by atoms with Gasteiger partial charge in [0.2, 0.25) is 0 Å². The van der Waals surface area contributed by atoms with Crippen molar-refractivity contribution in [2.75, 3.05) is 7.11 Å². The molecule has 0 saturated heterocycles. The number of thiazole rings is 1. The van der Waals surface area contributed by atoms with Gasteiger partial charge in [-0.3, -0.25) is 4.79 Å². The van der Waals surface area contributed by atoms with E-state index in [0.29, 0.717) is 34.0 Å². The number of ether oxygens (including phenoxy) is 1. The molecular weight excluding hydrogens is 396 g/mol. The summed E-state index contributed by atoms with van der Waals surface area (Å²) < 4.78 is 5.02. The highest BCUT2D eigenvalue weighted by molar-refractivity contribution is 7.13. The molecule has 28 heavy (non-hydrogen) atoms. The third kappa shape index (κ3) is 3.27. The third-order valence-electron chi connectivity index (χ3n) is 5.09. The molecule has 0 bridgehead atoms. The second-order valence-corrected chi connectivity index (χ2v) is 8.14. The number of allylic oxidation sites excluding steroid dienone is 3. The molecule has 0 saturated carbocycles. The maximum atomic E-state index is 12.8. The Morgan fingerprint density at radius 1 is 1.29 bits per heavy atom. The maximum absolute atomic E-state index is 12.8. The molecule has 2 heterocycles. The SMILES string of the molecule is COC(=O)C1=C(C)NC2=C(C(=O)CCC2)C1c1csc(-c2ccc(Cl)cc2)n1. The number of hydrogen-bond donors (Lipinski definition) is 1. The van der Waals surface area contributed by atoms with Crippen LogP contribution in [-0.2, 0) is 14.3 Å². The smallest absolute Gasteiger partial charge is 0.336 e. The summed E-state index contributed by atoms with van der Waals surface area (Å²) in [6, 6.07) is 7.45. The van der Waals surface area contributed by atoms with Crippen molar-refractivity contribution in [3.63, 3.8) is 0 Å². The molecule has 7 heteroatoms. The van der Waals surface area contributed by atoms with Crippen LogP contribution in [0.25, 0.3) is 10.6 Å². The summed E-state index contributed by atoms with van der Waals surface area (Å²) in [5.41, 5.74) is 4.34. The third-order valence-corrected chi connectivity index (χ3v) is 6.25. The normalized spacial score (nSPS) is 19.4. The van der Waals surface area contributed by atoms with Crippen LogP contribution in [0.5, 0.6) is 0 Å². The van der Waals surface area contributed by atoms with Crippen LogP contribution in [0.4, 0.5) is 0 Å². The van der Waals surface area contributed by atoms with E-state index in [9.17, 15) is 9.59 Å². The van der Waals surface area contributed by atoms with Crippen LogP contribution in [0, 0.1) is 0 Å². The van der Waals surface area contributed by atoms with Gasteiger partial charge in [-0.1, -0.05) is 23.7 Å². The molecule has 0 amide bonds. The number of nitrogens with one attached hydrogen (secondary N) is 1. The van der Waals surface area contributed by atoms with Gasteiger partial charge in [0.15, 0.2) is 5.78 Å². The number of hydrogen-bond acceptors (Lipinski definition) is 6. The lowest BCUT2D eigenvalue weighted by atomic mass is 9.77. The van der Waals surface area contributed by atoms with Crippen molar-refractivity contribution in [1.29, 1.82) is 0 Å². The van der Waals surface area contributed by atoms with Crippen molar-refractivity contribution in [2.45, 2.75) is 32.1 Å². The minimum Gasteiger partial charge on any atom is -0.466 e. The lowest BCUT2D eigenvalue weighted by Gasteiger charge is -2.33. The van der Waals surface area contributed by atoms with Crippen LogP contribution in [0.3, 0.4) is 0 Å². The first-order valence-corrected chi connectivity index (χ1v) is 10.3. The van der Waals surface area contributed by atoms with E-state index < -0.39 is 11.9 Å². The average Bonchev–Trinajstić information content (AvgIpc) is 3.17. The van der Waals surface area contributed by atoms with Gasteiger partial charge in [0.05, 0.1) is 24.3 Å². The van der Waals surface area contributed by atoms with Gasteiger partial charge in [-0.05, 0) is 31.9 Å². The van der Waals surface area contributed by atoms with Crippen molar-refractivity contribution in [3.05, 3.63) is 62.9 Å². The van der Waals surface area contributed by atoms with Gasteiger partial charge in [-0.25, -0.2) is 9.78 Å². The molecule has 1 aliphatic carbocycles. The molecule has 2 aliphatic rings. The first kappa shape index (κ1) is 18.9. The summed E-state index contributed by atoms with van der Waals surface area (Å²) in [6.07, 6.45) is 2.08. The number of carbonyl (C=O) groups is 2. The number of esters is 1. The van der Waals surface area contributed by atoms with Crippen LogP contribution in [0.2, 0.25) is 5.02 Å². The monoisotopic (exact) mass is 414 g/mol. The molecule has 0 spiro atoms. The Morgan fingerprint density at radius 2 is 2.04 bits per heavy atom. The molecule has 1 N–H and O–H groups in total. The Kier molecular flexibility index (Phi) is 5.08. The lowest BCUT2D eigenvalue weighted by molar-refractivity contribution is -0.136. The van der Waals surface area contributed by atoms with Crippen LogP contribution in [-0.4, -0.2) is 23.8 Å². The van der Waals surface area contributed by atoms with Crippen LogP contribution >= 0.6 is 22.9 Å². The highest BCUT2D eigenvalue weighted by Gasteiger charge is 2.40. The van der Waals surface area contributed by atoms with Gasteiger partial charge in [0.25, 0.3) is 0 Å². The second-order valence-electron chi connectivity index (χ2n) is 6.84. The van der Waals surface area contributed by atoms with Gasteiger partial charge in [-0.15, -0.1) is 11.3 Å². The quantitative estimate of drug-likeness (QED) is 0.743. The molecule has 1 atom stereocenters. The van der Waals surface area contributed by atoms with E-state index in [4.69, 9.17) is 21.3 Å². The Balaban J connectivity index is 1.82. The average molecular weight is 415 g/mol. The predicted octanol–water partition coefficient (Wildman–Crippen LogP) is 4.60. The molecule has 1 aromatic heterocycles. The van der Waals surface area contributed by atoms with Crippen molar-refractivity contribution in [1.82, 2.24) is 10.3 Å². The lowest BCUT2D eigenvalue weighted by Crippen LogP contribution is -2.34. The molecular formula is C21H19ClN2O3S. The Labute approximate surface area is 172 Å². The molecule has 1 aromatic carbocycles. The van der Waals surface area contributed by atoms with Crippen LogP contribution < -0.4 is 5.32 Å². The number of ketones is 1. The maximum Gasteiger partial charge on any atom is 0.336 e. The number of nitrogens with zero attached hydrogens (tertiary/aromatic N) is 1. The molecule has 0 fully saturated rings. The summed E-state index contributed by atoms with van der Waals surface area (Å²) in [5, 5.41) is 6.65. The molecule has 0 radical (unpaired) electrons. The van der Waals surface area contributed by atoms with Gasteiger partial charge in [0.1, 0.15) is 5.01 Å². The van der Waals surface area contributed by atoms with Gasteiger partial charge in [0, 0.05) is 39.4 Å². The van der Waals surface area contributed by atoms with E-state index in [1.807, 2.05) is 36.6 Å². The number of dihydropyridines is 1. The molecule has 2 aromatic rings. The Morgan fingerprint density at radius 3 is 2.75 bits per heavy atom. The Bertz CT molecular complexity index is 1020. The minimum atomic E-state index is -0.506. The van der Waals surface area contributed by atoms with Gasteiger partial charge >= 0.3 is 5.97 Å². The zero-order chi connectivity index (χ0) is 19.8. The predicted molar refractivity (Wildman–Crippen MR) is 109 cm³/mol. The van der Waals surface area contributed by atoms with Gasteiger partial charge in [-0.2, -0.15) is 0 Å². The molecule has 4 rings (SSSR count). The largest absolute Gasteiger partial charge is 0.466 e. The fourth-order valence-electron chi connectivity index (χ4n) is 3.80. The number of methoxy groups -OCH3 is 1. The van der Waals surface area contributed by atoms with E-state index >= 15 is 0 Å². The van der Waals surface area contributed by atoms with Crippen molar-refractivity contribution in [3.8, 4) is 10.6 Å². The Hall–Kier alpha value is -2.44. The number of halogens is 1. The first-order chi connectivity index (χ1) is 13.5. The van der Waals surface area contributed by atoms with Crippen LogP contribution in [0.15, 0.2) is 52.2 Å². The fourth-order valence-corrected chi connectivity index (χ4v) is 4.78. The fraction of sp³-hybridized carbons (Fsp3) is 0.286. The molecule has 1 aliphatic heterocycles. The van der Waals surface area contributed by atoms with Crippen molar-refractivity contribution < 1.29 is 14.3 Å². The van der Waals surface area contributed by atoms with E-state index in [1.165, 1.54) is 18.4 Å². The molecule has 1 unspecified atom stereocenters.